The monoisotopic (exact) mass is 428 g/mol. The van der Waals surface area contributed by atoms with Crippen molar-refractivity contribution in [1.29, 1.82) is 0 Å². The number of hydrogen-bond acceptors (Lipinski definition) is 4. The molecule has 1 aromatic carbocycles. The molecule has 0 heterocycles. The van der Waals surface area contributed by atoms with Gasteiger partial charge in [0.05, 0.1) is 0 Å². The van der Waals surface area contributed by atoms with Gasteiger partial charge in [0.2, 0.25) is 0 Å². The SMILES string of the molecule is CCCCC/C=C\C/C=C\CCCCCCCc1cc(OC(C)=O)cc(OC(C)=O)c1. The molecule has 0 atom stereocenters. The van der Waals surface area contributed by atoms with Crippen molar-refractivity contribution in [2.24, 2.45) is 0 Å². The van der Waals surface area contributed by atoms with Crippen molar-refractivity contribution in [3.63, 3.8) is 0 Å². The normalized spacial score (nSPS) is 11.3. The Morgan fingerprint density at radius 2 is 1.23 bits per heavy atom. The van der Waals surface area contributed by atoms with Crippen molar-refractivity contribution in [1.82, 2.24) is 0 Å². The molecule has 1 aromatic rings. The summed E-state index contributed by atoms with van der Waals surface area (Å²) in [6.07, 6.45) is 23.2. The molecule has 0 saturated heterocycles. The Labute approximate surface area is 188 Å². The number of aryl methyl sites for hydroxylation is 1. The summed E-state index contributed by atoms with van der Waals surface area (Å²) in [5, 5.41) is 0. The number of esters is 2. The summed E-state index contributed by atoms with van der Waals surface area (Å²) in [5.41, 5.74) is 1.01. The maximum Gasteiger partial charge on any atom is 0.308 e. The first-order valence-electron chi connectivity index (χ1n) is 11.8. The largest absolute Gasteiger partial charge is 0.427 e. The molecule has 0 unspecified atom stereocenters. The van der Waals surface area contributed by atoms with E-state index < -0.39 is 0 Å². The number of hydrogen-bond donors (Lipinski definition) is 0. The van der Waals surface area contributed by atoms with Crippen molar-refractivity contribution in [2.45, 2.75) is 97.8 Å². The Kier molecular flexibility index (Phi) is 14.9. The number of carbonyl (C=O) groups excluding carboxylic acids is 2. The molecule has 1 rings (SSSR count). The Morgan fingerprint density at radius 1 is 0.710 bits per heavy atom. The number of unbranched alkanes of at least 4 members (excludes halogenated alkanes) is 8. The highest BCUT2D eigenvalue weighted by Crippen LogP contribution is 2.25. The predicted molar refractivity (Wildman–Crippen MR) is 128 cm³/mol. The minimum absolute atomic E-state index is 0.386. The van der Waals surface area contributed by atoms with E-state index in [4.69, 9.17) is 9.47 Å². The quantitative estimate of drug-likeness (QED) is 0.118. The Balaban J connectivity index is 2.19. The van der Waals surface area contributed by atoms with Gasteiger partial charge in [-0.1, -0.05) is 63.3 Å². The van der Waals surface area contributed by atoms with Gasteiger partial charge >= 0.3 is 11.9 Å². The van der Waals surface area contributed by atoms with E-state index in [1.165, 1.54) is 58.8 Å². The summed E-state index contributed by atoms with van der Waals surface area (Å²) in [5.74, 6) is 0.0682. The lowest BCUT2D eigenvalue weighted by molar-refractivity contribution is -0.132. The molecule has 0 bridgehead atoms. The van der Waals surface area contributed by atoms with Crippen LogP contribution in [0.25, 0.3) is 0 Å². The second-order valence-electron chi connectivity index (χ2n) is 7.98. The summed E-state index contributed by atoms with van der Waals surface area (Å²) >= 11 is 0. The number of carbonyl (C=O) groups is 2. The highest BCUT2D eigenvalue weighted by molar-refractivity contribution is 5.71. The smallest absolute Gasteiger partial charge is 0.308 e. The fourth-order valence-electron chi connectivity index (χ4n) is 3.37. The molecule has 31 heavy (non-hydrogen) atoms. The molecule has 0 spiro atoms. The molecular weight excluding hydrogens is 388 g/mol. The van der Waals surface area contributed by atoms with Crippen LogP contribution in [0.2, 0.25) is 0 Å². The number of allylic oxidation sites excluding steroid dienone is 4. The van der Waals surface area contributed by atoms with Gasteiger partial charge in [0, 0.05) is 19.9 Å². The van der Waals surface area contributed by atoms with Gasteiger partial charge in [-0.3, -0.25) is 9.59 Å². The van der Waals surface area contributed by atoms with Gasteiger partial charge in [0.15, 0.2) is 0 Å². The summed E-state index contributed by atoms with van der Waals surface area (Å²) in [4.78, 5) is 22.5. The van der Waals surface area contributed by atoms with E-state index in [-0.39, 0.29) is 11.9 Å². The third kappa shape index (κ3) is 15.1. The summed E-state index contributed by atoms with van der Waals surface area (Å²) in [7, 11) is 0. The molecule has 0 amide bonds. The van der Waals surface area contributed by atoms with E-state index in [1.54, 1.807) is 6.07 Å². The third-order valence-electron chi connectivity index (χ3n) is 4.88. The van der Waals surface area contributed by atoms with Crippen molar-refractivity contribution < 1.29 is 19.1 Å². The molecule has 0 aliphatic rings. The molecule has 0 aromatic heterocycles. The van der Waals surface area contributed by atoms with E-state index in [2.05, 4.69) is 31.2 Å². The Morgan fingerprint density at radius 3 is 1.77 bits per heavy atom. The molecule has 172 valence electrons. The molecule has 0 N–H and O–H groups in total. The van der Waals surface area contributed by atoms with Crippen molar-refractivity contribution in [3.8, 4) is 11.5 Å². The lowest BCUT2D eigenvalue weighted by Gasteiger charge is -2.09. The molecule has 0 fully saturated rings. The number of benzene rings is 1. The fourth-order valence-corrected chi connectivity index (χ4v) is 3.37. The minimum atomic E-state index is -0.386. The van der Waals surface area contributed by atoms with Crippen LogP contribution in [0.5, 0.6) is 11.5 Å². The van der Waals surface area contributed by atoms with Gasteiger partial charge in [0.25, 0.3) is 0 Å². The van der Waals surface area contributed by atoms with Crippen molar-refractivity contribution in [3.05, 3.63) is 48.1 Å². The maximum absolute atomic E-state index is 11.2. The van der Waals surface area contributed by atoms with Crippen LogP contribution in [-0.2, 0) is 16.0 Å². The van der Waals surface area contributed by atoms with E-state index in [0.717, 1.165) is 37.7 Å². The second kappa shape index (κ2) is 17.3. The third-order valence-corrected chi connectivity index (χ3v) is 4.88. The van der Waals surface area contributed by atoms with Gasteiger partial charge in [-0.05, 0) is 62.6 Å². The number of rotatable bonds is 16. The average Bonchev–Trinajstić information content (AvgIpc) is 2.69. The van der Waals surface area contributed by atoms with E-state index >= 15 is 0 Å². The van der Waals surface area contributed by atoms with Gasteiger partial charge in [-0.2, -0.15) is 0 Å². The second-order valence-corrected chi connectivity index (χ2v) is 7.98. The van der Waals surface area contributed by atoms with Crippen LogP contribution in [-0.4, -0.2) is 11.9 Å². The van der Waals surface area contributed by atoms with Crippen molar-refractivity contribution >= 4 is 11.9 Å². The lowest BCUT2D eigenvalue weighted by atomic mass is 10.0. The topological polar surface area (TPSA) is 52.6 Å². The Hall–Kier alpha value is -2.36. The molecule has 0 saturated carbocycles. The highest BCUT2D eigenvalue weighted by atomic mass is 16.5. The van der Waals surface area contributed by atoms with Crippen LogP contribution in [0, 0.1) is 0 Å². The van der Waals surface area contributed by atoms with Crippen LogP contribution < -0.4 is 9.47 Å². The summed E-state index contributed by atoms with van der Waals surface area (Å²) in [6, 6.07) is 5.26. The van der Waals surface area contributed by atoms with Crippen molar-refractivity contribution in [2.75, 3.05) is 0 Å². The van der Waals surface area contributed by atoms with Crippen LogP contribution in [0.3, 0.4) is 0 Å². The van der Waals surface area contributed by atoms with E-state index in [0.29, 0.717) is 11.5 Å². The zero-order chi connectivity index (χ0) is 22.7. The first kappa shape index (κ1) is 26.7. The zero-order valence-electron chi connectivity index (χ0n) is 19.7. The molecule has 0 radical (unpaired) electrons. The fraction of sp³-hybridized carbons (Fsp3) is 0.556. The molecule has 0 aliphatic heterocycles. The molecular formula is C27H40O4. The van der Waals surface area contributed by atoms with E-state index in [9.17, 15) is 9.59 Å². The van der Waals surface area contributed by atoms with Gasteiger partial charge in [-0.15, -0.1) is 0 Å². The number of ether oxygens (including phenoxy) is 2. The van der Waals surface area contributed by atoms with Crippen LogP contribution >= 0.6 is 0 Å². The molecule has 4 heteroatoms. The van der Waals surface area contributed by atoms with Crippen LogP contribution in [0.15, 0.2) is 42.5 Å². The molecule has 0 aliphatic carbocycles. The maximum atomic E-state index is 11.2. The Bertz CT molecular complexity index is 669. The molecule has 4 nitrogen and oxygen atoms in total. The summed E-state index contributed by atoms with van der Waals surface area (Å²) < 4.78 is 10.3. The standard InChI is InChI=1S/C27H40O4/c1-4-5-6-7-8-9-10-11-12-13-14-15-16-17-18-19-25-20-26(30-23(2)28)22-27(21-25)31-24(3)29/h8-9,11-12,20-22H,4-7,10,13-19H2,1-3H3/b9-8-,12-11-. The van der Waals surface area contributed by atoms with E-state index in [1.807, 2.05) is 12.1 Å². The lowest BCUT2D eigenvalue weighted by Crippen LogP contribution is -2.05. The predicted octanol–water partition coefficient (Wildman–Crippen LogP) is 7.50. The van der Waals surface area contributed by atoms with Gasteiger partial charge < -0.3 is 9.47 Å². The zero-order valence-corrected chi connectivity index (χ0v) is 19.7. The average molecular weight is 429 g/mol. The first-order chi connectivity index (χ1) is 15.0. The minimum Gasteiger partial charge on any atom is -0.427 e. The first-order valence-corrected chi connectivity index (χ1v) is 11.8. The highest BCUT2D eigenvalue weighted by Gasteiger charge is 2.07. The van der Waals surface area contributed by atoms with Gasteiger partial charge in [-0.25, -0.2) is 0 Å². The summed E-state index contributed by atoms with van der Waals surface area (Å²) in [6.45, 7) is 4.96. The van der Waals surface area contributed by atoms with Crippen LogP contribution in [0.4, 0.5) is 0 Å². The van der Waals surface area contributed by atoms with Crippen LogP contribution in [0.1, 0.15) is 97.0 Å². The van der Waals surface area contributed by atoms with Gasteiger partial charge in [0.1, 0.15) is 11.5 Å².